The molecule has 0 radical (unpaired) electrons. The van der Waals surface area contributed by atoms with Gasteiger partial charge in [0.1, 0.15) is 11.9 Å². The molecular formula is C20H24N2O2. The number of Topliss-reactive ketones (excluding diaryl/α,β-unsaturated/α-hetero) is 1. The van der Waals surface area contributed by atoms with Gasteiger partial charge in [-0.25, -0.2) is 0 Å². The van der Waals surface area contributed by atoms with Crippen LogP contribution in [0.4, 0.5) is 0 Å². The van der Waals surface area contributed by atoms with Crippen LogP contribution in [0.15, 0.2) is 24.3 Å². The third kappa shape index (κ3) is 3.15. The fourth-order valence-corrected chi connectivity index (χ4v) is 3.86. The molecule has 24 heavy (non-hydrogen) atoms. The van der Waals surface area contributed by atoms with E-state index in [1.807, 2.05) is 45.9 Å². The maximum atomic E-state index is 13.5. The third-order valence-corrected chi connectivity index (χ3v) is 4.77. The topological polar surface area (TPSA) is 73.9 Å². The monoisotopic (exact) mass is 324 g/mol. The Balaban J connectivity index is 2.61. The van der Waals surface area contributed by atoms with E-state index in [1.165, 1.54) is 0 Å². The van der Waals surface area contributed by atoms with Crippen LogP contribution in [-0.2, 0) is 0 Å². The van der Waals surface area contributed by atoms with Crippen molar-refractivity contribution in [3.05, 3.63) is 29.8 Å². The summed E-state index contributed by atoms with van der Waals surface area (Å²) < 4.78 is 6.23. The van der Waals surface area contributed by atoms with Gasteiger partial charge in [-0.05, 0) is 44.7 Å². The number of nitriles is 2. The summed E-state index contributed by atoms with van der Waals surface area (Å²) >= 11 is 0. The molecule has 1 aromatic rings. The molecule has 0 saturated heterocycles. The number of para-hydroxylation sites is 1. The Morgan fingerprint density at radius 2 is 1.62 bits per heavy atom. The van der Waals surface area contributed by atoms with Crippen molar-refractivity contribution in [2.24, 2.45) is 23.2 Å². The summed E-state index contributed by atoms with van der Waals surface area (Å²) in [7, 11) is 0. The molecule has 1 aliphatic heterocycles. The molecule has 4 nitrogen and oxygen atoms in total. The van der Waals surface area contributed by atoms with Crippen LogP contribution < -0.4 is 4.74 Å². The van der Waals surface area contributed by atoms with Crippen LogP contribution >= 0.6 is 0 Å². The normalized spacial score (nSPS) is 25.1. The quantitative estimate of drug-likeness (QED) is 0.806. The van der Waals surface area contributed by atoms with Gasteiger partial charge in [-0.3, -0.25) is 4.79 Å². The minimum absolute atomic E-state index is 0.00671. The molecule has 126 valence electrons. The van der Waals surface area contributed by atoms with Gasteiger partial charge in [-0.1, -0.05) is 26.0 Å². The van der Waals surface area contributed by atoms with Crippen LogP contribution in [0.5, 0.6) is 5.75 Å². The van der Waals surface area contributed by atoms with E-state index in [2.05, 4.69) is 12.1 Å². The molecule has 1 aromatic carbocycles. The number of ketones is 1. The molecule has 0 spiro atoms. The van der Waals surface area contributed by atoms with Gasteiger partial charge in [0.15, 0.2) is 5.78 Å². The molecule has 1 aliphatic rings. The Labute approximate surface area is 144 Å². The lowest BCUT2D eigenvalue weighted by atomic mass is 9.62. The highest BCUT2D eigenvalue weighted by atomic mass is 16.5. The van der Waals surface area contributed by atoms with E-state index in [0.717, 1.165) is 0 Å². The van der Waals surface area contributed by atoms with Gasteiger partial charge >= 0.3 is 0 Å². The smallest absolute Gasteiger partial charge is 0.176 e. The summed E-state index contributed by atoms with van der Waals surface area (Å²) in [5.41, 5.74) is -0.281. The van der Waals surface area contributed by atoms with E-state index in [1.54, 1.807) is 6.07 Å². The predicted octanol–water partition coefficient (Wildman–Crippen LogP) is 4.37. The SMILES string of the molecule is CC(C#N)CC1(CC(C)C#N)C(=O)c2ccccc2OC1C(C)C. The molecule has 0 N–H and O–H groups in total. The first-order chi connectivity index (χ1) is 11.4. The zero-order chi connectivity index (χ0) is 17.9. The summed E-state index contributed by atoms with van der Waals surface area (Å²) in [6, 6.07) is 11.7. The highest BCUT2D eigenvalue weighted by Crippen LogP contribution is 2.48. The van der Waals surface area contributed by atoms with E-state index in [0.29, 0.717) is 24.2 Å². The molecule has 0 saturated carbocycles. The standard InChI is InChI=1S/C20H24N2O2/c1-13(2)19-20(9-14(3)11-21,10-15(4)12-22)18(23)16-7-5-6-8-17(16)24-19/h5-8,13-15,19H,9-10H2,1-4H3. The molecule has 0 aromatic heterocycles. The summed E-state index contributed by atoms with van der Waals surface area (Å²) in [6.45, 7) is 7.69. The molecule has 0 aliphatic carbocycles. The number of hydrogen-bond acceptors (Lipinski definition) is 4. The number of fused-ring (bicyclic) bond motifs is 1. The van der Waals surface area contributed by atoms with Gasteiger partial charge in [-0.15, -0.1) is 0 Å². The average Bonchev–Trinajstić information content (AvgIpc) is 2.57. The molecule has 4 heteroatoms. The van der Waals surface area contributed by atoms with Crippen molar-refractivity contribution < 1.29 is 9.53 Å². The fourth-order valence-electron chi connectivity index (χ4n) is 3.86. The highest BCUT2D eigenvalue weighted by molar-refractivity contribution is 6.04. The van der Waals surface area contributed by atoms with Crippen molar-refractivity contribution in [1.82, 2.24) is 0 Å². The molecular weight excluding hydrogens is 300 g/mol. The van der Waals surface area contributed by atoms with E-state index in [-0.39, 0.29) is 29.6 Å². The Kier molecular flexibility index (Phi) is 5.30. The molecule has 0 fully saturated rings. The number of nitrogens with zero attached hydrogens (tertiary/aromatic N) is 2. The van der Waals surface area contributed by atoms with Crippen molar-refractivity contribution in [2.75, 3.05) is 0 Å². The van der Waals surface area contributed by atoms with Crippen LogP contribution in [0.3, 0.4) is 0 Å². The summed E-state index contributed by atoms with van der Waals surface area (Å²) in [6.07, 6.45) is 0.475. The minimum Gasteiger partial charge on any atom is -0.488 e. The van der Waals surface area contributed by atoms with E-state index < -0.39 is 5.41 Å². The van der Waals surface area contributed by atoms with Crippen molar-refractivity contribution in [3.8, 4) is 17.9 Å². The predicted molar refractivity (Wildman–Crippen MR) is 91.2 cm³/mol. The molecule has 3 atom stereocenters. The average molecular weight is 324 g/mol. The van der Waals surface area contributed by atoms with Crippen LogP contribution in [0.2, 0.25) is 0 Å². The van der Waals surface area contributed by atoms with Crippen molar-refractivity contribution >= 4 is 5.78 Å². The molecule has 2 rings (SSSR count). The first kappa shape index (κ1) is 18.0. The highest BCUT2D eigenvalue weighted by Gasteiger charge is 2.53. The maximum Gasteiger partial charge on any atom is 0.176 e. The van der Waals surface area contributed by atoms with Gasteiger partial charge in [0.05, 0.1) is 23.1 Å². The summed E-state index contributed by atoms with van der Waals surface area (Å²) in [5.74, 6) is 0.141. The Morgan fingerprint density at radius 3 is 2.12 bits per heavy atom. The molecule has 3 unspecified atom stereocenters. The molecule has 0 amide bonds. The second-order valence-corrected chi connectivity index (χ2v) is 7.23. The van der Waals surface area contributed by atoms with Crippen molar-refractivity contribution in [2.45, 2.75) is 46.6 Å². The third-order valence-electron chi connectivity index (χ3n) is 4.77. The number of benzene rings is 1. The van der Waals surface area contributed by atoms with Gasteiger partial charge in [-0.2, -0.15) is 10.5 Å². The zero-order valence-electron chi connectivity index (χ0n) is 14.7. The lowest BCUT2D eigenvalue weighted by Crippen LogP contribution is -2.53. The second-order valence-electron chi connectivity index (χ2n) is 7.23. The van der Waals surface area contributed by atoms with Crippen molar-refractivity contribution in [1.29, 1.82) is 10.5 Å². The lowest BCUT2D eigenvalue weighted by Gasteiger charge is -2.46. The van der Waals surface area contributed by atoms with Crippen molar-refractivity contribution in [3.63, 3.8) is 0 Å². The summed E-state index contributed by atoms with van der Waals surface area (Å²) in [4.78, 5) is 13.5. The van der Waals surface area contributed by atoms with Gasteiger partial charge in [0, 0.05) is 11.8 Å². The van der Waals surface area contributed by atoms with E-state index in [9.17, 15) is 15.3 Å². The molecule has 0 bridgehead atoms. The first-order valence-corrected chi connectivity index (χ1v) is 8.45. The van der Waals surface area contributed by atoms with Crippen LogP contribution in [0, 0.1) is 45.8 Å². The summed E-state index contributed by atoms with van der Waals surface area (Å²) in [5, 5.41) is 18.6. The largest absolute Gasteiger partial charge is 0.488 e. The lowest BCUT2D eigenvalue weighted by molar-refractivity contribution is -0.0117. The van der Waals surface area contributed by atoms with E-state index in [4.69, 9.17) is 4.74 Å². The number of ether oxygens (including phenoxy) is 1. The number of carbonyl (C=O) groups is 1. The van der Waals surface area contributed by atoms with Crippen LogP contribution in [0.1, 0.15) is 50.9 Å². The second kappa shape index (κ2) is 7.05. The Morgan fingerprint density at radius 1 is 1.08 bits per heavy atom. The van der Waals surface area contributed by atoms with Gasteiger partial charge < -0.3 is 4.74 Å². The van der Waals surface area contributed by atoms with Gasteiger partial charge in [0.25, 0.3) is 0 Å². The fraction of sp³-hybridized carbons (Fsp3) is 0.550. The number of rotatable bonds is 5. The maximum absolute atomic E-state index is 13.5. The number of hydrogen-bond donors (Lipinski definition) is 0. The minimum atomic E-state index is -0.840. The Bertz CT molecular complexity index is 674. The number of carbonyl (C=O) groups excluding carboxylic acids is 1. The molecule has 1 heterocycles. The Hall–Kier alpha value is -2.33. The zero-order valence-corrected chi connectivity index (χ0v) is 14.7. The van der Waals surface area contributed by atoms with E-state index >= 15 is 0 Å². The first-order valence-electron chi connectivity index (χ1n) is 8.45. The van der Waals surface area contributed by atoms with Crippen LogP contribution in [0.25, 0.3) is 0 Å². The van der Waals surface area contributed by atoms with Gasteiger partial charge in [0.2, 0.25) is 0 Å². The van der Waals surface area contributed by atoms with Crippen LogP contribution in [-0.4, -0.2) is 11.9 Å².